The van der Waals surface area contributed by atoms with E-state index in [4.69, 9.17) is 0 Å². The summed E-state index contributed by atoms with van der Waals surface area (Å²) in [4.78, 5) is 0. The maximum Gasteiger partial charge on any atom is 0.0815 e. The highest BCUT2D eigenvalue weighted by Crippen LogP contribution is 2.26. The van der Waals surface area contributed by atoms with E-state index in [1.165, 1.54) is 11.1 Å². The molecule has 0 saturated carbocycles. The molecule has 0 spiro atoms. The van der Waals surface area contributed by atoms with Crippen molar-refractivity contribution in [2.45, 2.75) is 46.6 Å². The number of aliphatic hydroxyl groups excluding tert-OH is 1. The molecule has 0 radical (unpaired) electrons. The quantitative estimate of drug-likeness (QED) is 0.799. The molecular weight excluding hydrogens is 184 g/mol. The number of hydrogen-bond donors (Lipinski definition) is 1. The van der Waals surface area contributed by atoms with Crippen LogP contribution < -0.4 is 0 Å². The molecule has 0 aromatic heterocycles. The number of rotatable bonds is 4. The van der Waals surface area contributed by atoms with E-state index in [0.29, 0.717) is 0 Å². The van der Waals surface area contributed by atoms with Crippen LogP contribution in [-0.4, -0.2) is 5.11 Å². The number of aryl methyl sites for hydroxylation is 2. The van der Waals surface area contributed by atoms with Crippen LogP contribution in [0, 0.1) is 5.92 Å². The first kappa shape index (κ1) is 12.3. The third kappa shape index (κ3) is 2.82. The molecule has 1 heteroatoms. The Morgan fingerprint density at radius 2 is 1.80 bits per heavy atom. The van der Waals surface area contributed by atoms with Crippen molar-refractivity contribution in [3.8, 4) is 0 Å². The van der Waals surface area contributed by atoms with E-state index in [1.54, 1.807) is 0 Å². The molecule has 0 heterocycles. The maximum atomic E-state index is 10.1. The van der Waals surface area contributed by atoms with Gasteiger partial charge in [0.2, 0.25) is 0 Å². The van der Waals surface area contributed by atoms with Crippen molar-refractivity contribution < 1.29 is 5.11 Å². The van der Waals surface area contributed by atoms with Gasteiger partial charge in [0.15, 0.2) is 0 Å². The van der Waals surface area contributed by atoms with Gasteiger partial charge in [-0.05, 0) is 35.4 Å². The van der Waals surface area contributed by atoms with Crippen LogP contribution in [0.3, 0.4) is 0 Å². The van der Waals surface area contributed by atoms with Crippen molar-refractivity contribution in [2.24, 2.45) is 5.92 Å². The zero-order valence-electron chi connectivity index (χ0n) is 10.2. The molecule has 0 aliphatic rings. The van der Waals surface area contributed by atoms with Crippen molar-refractivity contribution in [1.29, 1.82) is 0 Å². The third-order valence-electron chi connectivity index (χ3n) is 2.95. The minimum Gasteiger partial charge on any atom is -0.388 e. The second-order valence-electron chi connectivity index (χ2n) is 4.43. The van der Waals surface area contributed by atoms with Crippen LogP contribution in [0.25, 0.3) is 0 Å². The Balaban J connectivity index is 3.11. The summed E-state index contributed by atoms with van der Waals surface area (Å²) >= 11 is 0. The van der Waals surface area contributed by atoms with Crippen LogP contribution in [-0.2, 0) is 12.8 Å². The Morgan fingerprint density at radius 3 is 2.27 bits per heavy atom. The second-order valence-corrected chi connectivity index (χ2v) is 4.43. The lowest BCUT2D eigenvalue weighted by Gasteiger charge is -2.19. The van der Waals surface area contributed by atoms with E-state index >= 15 is 0 Å². The molecule has 1 aromatic carbocycles. The van der Waals surface area contributed by atoms with Crippen molar-refractivity contribution >= 4 is 0 Å². The molecule has 0 aliphatic carbocycles. The predicted octanol–water partition coefficient (Wildman–Crippen LogP) is 3.50. The van der Waals surface area contributed by atoms with Gasteiger partial charge in [-0.15, -0.1) is 0 Å². The summed E-state index contributed by atoms with van der Waals surface area (Å²) in [6, 6.07) is 6.47. The van der Waals surface area contributed by atoms with Crippen LogP contribution >= 0.6 is 0 Å². The minimum atomic E-state index is -0.327. The van der Waals surface area contributed by atoms with E-state index in [1.807, 2.05) is 0 Å². The molecule has 1 N–H and O–H groups in total. The molecule has 1 atom stereocenters. The maximum absolute atomic E-state index is 10.1. The molecule has 15 heavy (non-hydrogen) atoms. The summed E-state index contributed by atoms with van der Waals surface area (Å²) in [7, 11) is 0. The van der Waals surface area contributed by atoms with Crippen molar-refractivity contribution in [3.63, 3.8) is 0 Å². The second kappa shape index (κ2) is 5.32. The summed E-state index contributed by atoms with van der Waals surface area (Å²) in [5.41, 5.74) is 3.70. The topological polar surface area (TPSA) is 20.2 Å². The minimum absolute atomic E-state index is 0.280. The molecule has 1 rings (SSSR count). The smallest absolute Gasteiger partial charge is 0.0815 e. The fraction of sp³-hybridized carbons (Fsp3) is 0.571. The molecular formula is C14H22O. The van der Waals surface area contributed by atoms with Gasteiger partial charge in [-0.25, -0.2) is 0 Å². The normalized spacial score (nSPS) is 13.2. The summed E-state index contributed by atoms with van der Waals surface area (Å²) in [5.74, 6) is 0.280. The number of benzene rings is 1. The largest absolute Gasteiger partial charge is 0.388 e. The summed E-state index contributed by atoms with van der Waals surface area (Å²) in [5, 5.41) is 10.1. The van der Waals surface area contributed by atoms with Crippen LogP contribution in [0.1, 0.15) is 50.5 Å². The molecule has 1 nitrogen and oxygen atoms in total. The Kier molecular flexibility index (Phi) is 4.34. The van der Waals surface area contributed by atoms with Crippen LogP contribution in [0.15, 0.2) is 18.2 Å². The molecule has 0 bridgehead atoms. The zero-order chi connectivity index (χ0) is 11.4. The van der Waals surface area contributed by atoms with Gasteiger partial charge in [-0.2, -0.15) is 0 Å². The highest BCUT2D eigenvalue weighted by Gasteiger charge is 2.15. The Morgan fingerprint density at radius 1 is 1.13 bits per heavy atom. The average Bonchev–Trinajstić information content (AvgIpc) is 2.27. The van der Waals surface area contributed by atoms with Crippen molar-refractivity contribution in [2.75, 3.05) is 0 Å². The summed E-state index contributed by atoms with van der Waals surface area (Å²) < 4.78 is 0. The lowest BCUT2D eigenvalue weighted by atomic mass is 9.91. The molecule has 0 aliphatic heterocycles. The molecule has 0 amide bonds. The average molecular weight is 206 g/mol. The molecule has 84 valence electrons. The highest BCUT2D eigenvalue weighted by molar-refractivity contribution is 5.34. The third-order valence-corrected chi connectivity index (χ3v) is 2.95. The summed E-state index contributed by atoms with van der Waals surface area (Å²) in [6.45, 7) is 8.40. The Hall–Kier alpha value is -0.820. The van der Waals surface area contributed by atoms with Gasteiger partial charge < -0.3 is 5.11 Å². The van der Waals surface area contributed by atoms with Gasteiger partial charge in [-0.1, -0.05) is 45.9 Å². The van der Waals surface area contributed by atoms with Crippen molar-refractivity contribution in [3.05, 3.63) is 34.9 Å². The first-order valence-corrected chi connectivity index (χ1v) is 5.89. The molecule has 0 fully saturated rings. The SMILES string of the molecule is CCc1ccc(CC)c(C(O)C(C)C)c1. The lowest BCUT2D eigenvalue weighted by molar-refractivity contribution is 0.126. The Bertz CT molecular complexity index is 315. The molecule has 0 saturated heterocycles. The van der Waals surface area contributed by atoms with Gasteiger partial charge in [0.1, 0.15) is 0 Å². The fourth-order valence-electron chi connectivity index (χ4n) is 1.82. The van der Waals surface area contributed by atoms with E-state index in [2.05, 4.69) is 45.9 Å². The van der Waals surface area contributed by atoms with E-state index in [9.17, 15) is 5.11 Å². The van der Waals surface area contributed by atoms with E-state index < -0.39 is 0 Å². The predicted molar refractivity (Wildman–Crippen MR) is 65.0 cm³/mol. The van der Waals surface area contributed by atoms with E-state index in [-0.39, 0.29) is 12.0 Å². The van der Waals surface area contributed by atoms with Crippen molar-refractivity contribution in [1.82, 2.24) is 0 Å². The van der Waals surface area contributed by atoms with Crippen LogP contribution in [0.5, 0.6) is 0 Å². The van der Waals surface area contributed by atoms with Crippen LogP contribution in [0.4, 0.5) is 0 Å². The first-order chi connectivity index (χ1) is 7.10. The highest BCUT2D eigenvalue weighted by atomic mass is 16.3. The van der Waals surface area contributed by atoms with E-state index in [0.717, 1.165) is 18.4 Å². The first-order valence-electron chi connectivity index (χ1n) is 5.89. The fourth-order valence-corrected chi connectivity index (χ4v) is 1.82. The van der Waals surface area contributed by atoms with Crippen LogP contribution in [0.2, 0.25) is 0 Å². The van der Waals surface area contributed by atoms with Gasteiger partial charge in [0, 0.05) is 0 Å². The van der Waals surface area contributed by atoms with Gasteiger partial charge >= 0.3 is 0 Å². The molecule has 1 aromatic rings. The molecule has 1 unspecified atom stereocenters. The Labute approximate surface area is 93.1 Å². The standard InChI is InChI=1S/C14H22O/c1-5-11-7-8-12(6-2)13(9-11)14(15)10(3)4/h7-10,14-15H,5-6H2,1-4H3. The summed E-state index contributed by atoms with van der Waals surface area (Å²) in [6.07, 6.45) is 1.69. The zero-order valence-corrected chi connectivity index (χ0v) is 10.2. The monoisotopic (exact) mass is 206 g/mol. The number of hydrogen-bond acceptors (Lipinski definition) is 1. The lowest BCUT2D eigenvalue weighted by Crippen LogP contribution is -2.08. The van der Waals surface area contributed by atoms with Gasteiger partial charge in [-0.3, -0.25) is 0 Å². The van der Waals surface area contributed by atoms with Gasteiger partial charge in [0.25, 0.3) is 0 Å². The number of aliphatic hydroxyl groups is 1. The van der Waals surface area contributed by atoms with Gasteiger partial charge in [0.05, 0.1) is 6.10 Å².